The molecule has 0 radical (unpaired) electrons. The number of hydrogen-bond donors (Lipinski definition) is 1. The quantitative estimate of drug-likeness (QED) is 0.830. The molecule has 0 saturated heterocycles. The number of nitrogens with one attached hydrogen (secondary N) is 1. The van der Waals surface area contributed by atoms with E-state index in [1.54, 1.807) is 13.8 Å². The van der Waals surface area contributed by atoms with Crippen LogP contribution in [-0.2, 0) is 35.3 Å². The maximum Gasteiger partial charge on any atom is 0.337 e. The summed E-state index contributed by atoms with van der Waals surface area (Å²) in [5, 5.41) is 7.01. The van der Waals surface area contributed by atoms with Crippen LogP contribution in [0.4, 0.5) is 5.69 Å². The highest BCUT2D eigenvalue weighted by atomic mass is 16.7. The van der Waals surface area contributed by atoms with Crippen molar-refractivity contribution < 1.29 is 14.4 Å². The van der Waals surface area contributed by atoms with Crippen LogP contribution in [0.1, 0.15) is 60.7 Å². The summed E-state index contributed by atoms with van der Waals surface area (Å²) in [5.41, 5.74) is 6.50. The van der Waals surface area contributed by atoms with Crippen molar-refractivity contribution in [1.82, 2.24) is 14.9 Å². The minimum absolute atomic E-state index is 0.0361. The fraction of sp³-hybridized carbons (Fsp3) is 0.524. The summed E-state index contributed by atoms with van der Waals surface area (Å²) >= 11 is 0. The maximum absolute atomic E-state index is 12.6. The molecule has 2 aliphatic rings. The lowest BCUT2D eigenvalue weighted by Crippen LogP contribution is -2.28. The second-order valence-electron chi connectivity index (χ2n) is 7.81. The number of carbonyl (C=O) groups excluding carboxylic acids is 2. The maximum atomic E-state index is 12.6. The van der Waals surface area contributed by atoms with E-state index in [2.05, 4.69) is 21.5 Å². The first kappa shape index (κ1) is 18.7. The van der Waals surface area contributed by atoms with Crippen LogP contribution in [0, 0.1) is 12.8 Å². The Morgan fingerprint density at radius 3 is 2.46 bits per heavy atom. The summed E-state index contributed by atoms with van der Waals surface area (Å²) in [4.78, 5) is 35.0. The van der Waals surface area contributed by atoms with E-state index in [4.69, 9.17) is 4.84 Å². The van der Waals surface area contributed by atoms with Crippen molar-refractivity contribution in [2.45, 2.75) is 65.2 Å². The molecule has 0 aliphatic heterocycles. The lowest BCUT2D eigenvalue weighted by Gasteiger charge is -2.16. The van der Waals surface area contributed by atoms with E-state index in [1.807, 2.05) is 0 Å². The van der Waals surface area contributed by atoms with Gasteiger partial charge in [0.05, 0.1) is 5.92 Å². The highest BCUT2D eigenvalue weighted by Crippen LogP contribution is 2.38. The van der Waals surface area contributed by atoms with Gasteiger partial charge in [0.1, 0.15) is 6.33 Å². The monoisotopic (exact) mass is 382 g/mol. The third-order valence-corrected chi connectivity index (χ3v) is 5.80. The van der Waals surface area contributed by atoms with Crippen molar-refractivity contribution in [2.75, 3.05) is 5.32 Å². The van der Waals surface area contributed by atoms with Gasteiger partial charge in [0, 0.05) is 12.1 Å². The molecule has 1 amide bonds. The average Bonchev–Trinajstić information content (AvgIpc) is 3.41. The van der Waals surface area contributed by atoms with E-state index < -0.39 is 11.9 Å². The van der Waals surface area contributed by atoms with Gasteiger partial charge in [-0.25, -0.2) is 9.78 Å². The Balaban J connectivity index is 1.37. The Morgan fingerprint density at radius 2 is 1.86 bits per heavy atom. The van der Waals surface area contributed by atoms with Crippen LogP contribution >= 0.6 is 0 Å². The molecule has 2 aliphatic carbocycles. The first-order valence-electron chi connectivity index (χ1n) is 10.1. The number of anilines is 1. The third kappa shape index (κ3) is 3.66. The molecular formula is C21H26N4O3. The Bertz CT molecular complexity index is 886. The number of aromatic nitrogens is 3. The molecule has 7 nitrogen and oxygen atoms in total. The fourth-order valence-electron chi connectivity index (χ4n) is 4.19. The minimum atomic E-state index is -0.414. The molecule has 28 heavy (non-hydrogen) atoms. The smallest absolute Gasteiger partial charge is 0.326 e. The molecule has 0 spiro atoms. The van der Waals surface area contributed by atoms with E-state index in [0.717, 1.165) is 49.1 Å². The average molecular weight is 382 g/mol. The third-order valence-electron chi connectivity index (χ3n) is 5.80. The number of amides is 1. The van der Waals surface area contributed by atoms with Crippen LogP contribution in [0.5, 0.6) is 0 Å². The molecule has 0 saturated carbocycles. The molecule has 0 unspecified atom stereocenters. The van der Waals surface area contributed by atoms with Gasteiger partial charge in [-0.1, -0.05) is 17.8 Å². The Kier molecular flexibility index (Phi) is 5.15. The summed E-state index contributed by atoms with van der Waals surface area (Å²) in [6, 6.07) is 2.35. The van der Waals surface area contributed by atoms with Crippen molar-refractivity contribution >= 4 is 17.6 Å². The molecule has 148 valence electrons. The zero-order valence-corrected chi connectivity index (χ0v) is 16.5. The van der Waals surface area contributed by atoms with Gasteiger partial charge in [0.2, 0.25) is 5.91 Å². The molecule has 4 rings (SSSR count). The lowest BCUT2D eigenvalue weighted by molar-refractivity contribution is -0.150. The van der Waals surface area contributed by atoms with Gasteiger partial charge in [-0.3, -0.25) is 4.79 Å². The fourth-order valence-corrected chi connectivity index (χ4v) is 4.19. The largest absolute Gasteiger partial charge is 0.337 e. The standard InChI is InChI=1S/C21H26N4O3/c1-13(21(27)28-25-14(2)22-12-23-25)9-10-19(26)24-20-17-7-3-5-15(17)11-16-6-4-8-18(16)20/h11-13H,3-10H2,1-2H3,(H,24,26)/t13-/m1/s1. The highest BCUT2D eigenvalue weighted by molar-refractivity contribution is 5.93. The number of carbonyl (C=O) groups is 2. The number of nitrogens with zero attached hydrogens (tertiary/aromatic N) is 3. The Hall–Kier alpha value is -2.70. The Labute approximate surface area is 164 Å². The molecule has 1 atom stereocenters. The molecule has 7 heteroatoms. The predicted molar refractivity (Wildman–Crippen MR) is 104 cm³/mol. The Morgan fingerprint density at radius 1 is 1.18 bits per heavy atom. The first-order chi connectivity index (χ1) is 13.5. The number of benzene rings is 1. The molecule has 2 aromatic rings. The predicted octanol–water partition coefficient (Wildman–Crippen LogP) is 2.57. The molecule has 1 aromatic heterocycles. The second-order valence-corrected chi connectivity index (χ2v) is 7.81. The van der Waals surface area contributed by atoms with Gasteiger partial charge in [0.15, 0.2) is 5.82 Å². The normalized spacial score (nSPS) is 15.8. The SMILES string of the molecule is Cc1ncnn1OC(=O)[C@H](C)CCC(=O)Nc1c2c(cc3c1CCC3)CCC2. The van der Waals surface area contributed by atoms with Crippen LogP contribution in [0.25, 0.3) is 0 Å². The highest BCUT2D eigenvalue weighted by Gasteiger charge is 2.25. The van der Waals surface area contributed by atoms with Crippen molar-refractivity contribution in [2.24, 2.45) is 5.92 Å². The topological polar surface area (TPSA) is 86.1 Å². The van der Waals surface area contributed by atoms with Gasteiger partial charge in [-0.2, -0.15) is 0 Å². The summed E-state index contributed by atoms with van der Waals surface area (Å²) in [5.74, 6) is -0.347. The van der Waals surface area contributed by atoms with Crippen LogP contribution in [-0.4, -0.2) is 26.8 Å². The summed E-state index contributed by atoms with van der Waals surface area (Å²) in [7, 11) is 0. The molecule has 1 N–H and O–H groups in total. The summed E-state index contributed by atoms with van der Waals surface area (Å²) in [6.07, 6.45) is 8.65. The summed E-state index contributed by atoms with van der Waals surface area (Å²) < 4.78 is 0. The van der Waals surface area contributed by atoms with Crippen LogP contribution in [0.15, 0.2) is 12.4 Å². The minimum Gasteiger partial charge on any atom is -0.326 e. The van der Waals surface area contributed by atoms with Gasteiger partial charge < -0.3 is 10.2 Å². The van der Waals surface area contributed by atoms with Gasteiger partial charge >= 0.3 is 5.97 Å². The molecular weight excluding hydrogens is 356 g/mol. The zero-order valence-electron chi connectivity index (χ0n) is 16.5. The van der Waals surface area contributed by atoms with Crippen LogP contribution < -0.4 is 10.2 Å². The number of hydrogen-bond acceptors (Lipinski definition) is 5. The van der Waals surface area contributed by atoms with E-state index in [1.165, 1.54) is 28.6 Å². The van der Waals surface area contributed by atoms with E-state index in [0.29, 0.717) is 12.2 Å². The van der Waals surface area contributed by atoms with Crippen LogP contribution in [0.3, 0.4) is 0 Å². The summed E-state index contributed by atoms with van der Waals surface area (Å²) in [6.45, 7) is 3.47. The molecule has 0 bridgehead atoms. The van der Waals surface area contributed by atoms with E-state index in [9.17, 15) is 9.59 Å². The van der Waals surface area contributed by atoms with Crippen molar-refractivity contribution in [1.29, 1.82) is 0 Å². The van der Waals surface area contributed by atoms with Gasteiger partial charge in [0.25, 0.3) is 0 Å². The van der Waals surface area contributed by atoms with Crippen molar-refractivity contribution in [3.63, 3.8) is 0 Å². The van der Waals surface area contributed by atoms with E-state index in [-0.39, 0.29) is 12.3 Å². The van der Waals surface area contributed by atoms with Crippen molar-refractivity contribution in [3.8, 4) is 0 Å². The number of aryl methyl sites for hydroxylation is 3. The molecule has 1 heterocycles. The molecule has 0 fully saturated rings. The molecule has 1 aromatic carbocycles. The van der Waals surface area contributed by atoms with Crippen LogP contribution in [0.2, 0.25) is 0 Å². The first-order valence-corrected chi connectivity index (χ1v) is 10.1. The second kappa shape index (κ2) is 7.73. The number of rotatable bonds is 6. The van der Waals surface area contributed by atoms with E-state index >= 15 is 0 Å². The zero-order chi connectivity index (χ0) is 19.7. The van der Waals surface area contributed by atoms with Gasteiger partial charge in [-0.15, -0.1) is 5.10 Å². The lowest BCUT2D eigenvalue weighted by atomic mass is 9.98. The van der Waals surface area contributed by atoms with Crippen molar-refractivity contribution in [3.05, 3.63) is 40.5 Å². The number of fused-ring (bicyclic) bond motifs is 2. The van der Waals surface area contributed by atoms with Gasteiger partial charge in [-0.05, 0) is 74.1 Å².